The van der Waals surface area contributed by atoms with Gasteiger partial charge in [0.25, 0.3) is 5.91 Å². The maximum absolute atomic E-state index is 12.9. The standard InChI is InChI=1S/C31H34N2O5/c1-20(2)29(21-14-16-22(17-15-21)30(34)33-38-28-13-7-8-18-36-28)32-31(35)37-19-27-25-11-5-3-9-23(25)24-10-4-6-12-26(24)27/h3-6,9-12,14-17,20,27-29H,7-8,13,18-19H2,1-2H3,(H,32,35)(H,33,34)/t28?,29-/m0/s1. The molecule has 0 bridgehead atoms. The molecule has 5 rings (SSSR count). The number of hydroxylamine groups is 1. The monoisotopic (exact) mass is 514 g/mol. The van der Waals surface area contributed by atoms with Crippen LogP contribution in [-0.4, -0.2) is 31.5 Å². The van der Waals surface area contributed by atoms with Crippen LogP contribution >= 0.6 is 0 Å². The fraction of sp³-hybridized carbons (Fsp3) is 0.355. The minimum atomic E-state index is -0.465. The summed E-state index contributed by atoms with van der Waals surface area (Å²) in [5.74, 6) is -0.220. The van der Waals surface area contributed by atoms with E-state index < -0.39 is 12.4 Å². The van der Waals surface area contributed by atoms with Crippen LogP contribution in [0.2, 0.25) is 0 Å². The highest BCUT2D eigenvalue weighted by atomic mass is 16.8. The molecule has 1 aliphatic heterocycles. The van der Waals surface area contributed by atoms with Gasteiger partial charge in [-0.3, -0.25) is 4.79 Å². The van der Waals surface area contributed by atoms with Gasteiger partial charge in [0, 0.05) is 24.5 Å². The highest BCUT2D eigenvalue weighted by Crippen LogP contribution is 2.44. The summed E-state index contributed by atoms with van der Waals surface area (Å²) in [6.45, 7) is 4.97. The Hall–Kier alpha value is -3.68. The zero-order valence-electron chi connectivity index (χ0n) is 21.8. The van der Waals surface area contributed by atoms with Crippen molar-refractivity contribution >= 4 is 12.0 Å². The van der Waals surface area contributed by atoms with Crippen LogP contribution in [0.15, 0.2) is 72.8 Å². The number of hydrogen-bond donors (Lipinski definition) is 2. The normalized spacial score (nSPS) is 17.4. The Morgan fingerprint density at radius 2 is 1.58 bits per heavy atom. The van der Waals surface area contributed by atoms with E-state index in [4.69, 9.17) is 14.3 Å². The number of carbonyl (C=O) groups excluding carboxylic acids is 2. The Morgan fingerprint density at radius 1 is 0.921 bits per heavy atom. The molecule has 2 atom stereocenters. The van der Waals surface area contributed by atoms with Gasteiger partial charge in [-0.15, -0.1) is 0 Å². The number of alkyl carbamates (subject to hydrolysis) is 1. The van der Waals surface area contributed by atoms with Gasteiger partial charge in [0.05, 0.1) is 6.04 Å². The lowest BCUT2D eigenvalue weighted by molar-refractivity contribution is -0.186. The molecule has 1 heterocycles. The van der Waals surface area contributed by atoms with Gasteiger partial charge in [-0.2, -0.15) is 0 Å². The number of carbonyl (C=O) groups is 2. The minimum Gasteiger partial charge on any atom is -0.449 e. The number of amides is 2. The van der Waals surface area contributed by atoms with Crippen LogP contribution in [0.4, 0.5) is 4.79 Å². The second-order valence-electron chi connectivity index (χ2n) is 10.2. The summed E-state index contributed by atoms with van der Waals surface area (Å²) < 4.78 is 11.2. The number of hydrogen-bond acceptors (Lipinski definition) is 5. The van der Waals surface area contributed by atoms with Crippen molar-refractivity contribution in [3.8, 4) is 11.1 Å². The lowest BCUT2D eigenvalue weighted by atomic mass is 9.95. The van der Waals surface area contributed by atoms with Crippen LogP contribution in [0.5, 0.6) is 0 Å². The summed E-state index contributed by atoms with van der Waals surface area (Å²) in [4.78, 5) is 30.8. The maximum atomic E-state index is 12.9. The molecule has 2 aliphatic rings. The molecule has 2 amide bonds. The first-order chi connectivity index (χ1) is 18.5. The molecule has 0 saturated carbocycles. The summed E-state index contributed by atoms with van der Waals surface area (Å²) in [5, 5.41) is 3.02. The van der Waals surface area contributed by atoms with Gasteiger partial charge >= 0.3 is 6.09 Å². The fourth-order valence-electron chi connectivity index (χ4n) is 5.23. The molecule has 1 aliphatic carbocycles. The second kappa shape index (κ2) is 11.8. The first-order valence-corrected chi connectivity index (χ1v) is 13.3. The van der Waals surface area contributed by atoms with Crippen molar-refractivity contribution in [3.63, 3.8) is 0 Å². The summed E-state index contributed by atoms with van der Waals surface area (Å²) >= 11 is 0. The predicted molar refractivity (Wildman–Crippen MR) is 144 cm³/mol. The smallest absolute Gasteiger partial charge is 0.407 e. The van der Waals surface area contributed by atoms with Crippen molar-refractivity contribution in [1.29, 1.82) is 0 Å². The molecule has 3 aromatic carbocycles. The van der Waals surface area contributed by atoms with Crippen molar-refractivity contribution < 1.29 is 23.9 Å². The SMILES string of the molecule is CC(C)[C@H](NC(=O)OCC1c2ccccc2-c2ccccc21)c1ccc(C(=O)NOC2CCCCO2)cc1. The highest BCUT2D eigenvalue weighted by molar-refractivity contribution is 5.93. The largest absolute Gasteiger partial charge is 0.449 e. The predicted octanol–water partition coefficient (Wildman–Crippen LogP) is 6.11. The van der Waals surface area contributed by atoms with E-state index in [-0.39, 0.29) is 30.4 Å². The van der Waals surface area contributed by atoms with Crippen LogP contribution in [0.1, 0.15) is 72.1 Å². The van der Waals surface area contributed by atoms with Crippen molar-refractivity contribution in [2.24, 2.45) is 5.92 Å². The van der Waals surface area contributed by atoms with Crippen molar-refractivity contribution in [2.75, 3.05) is 13.2 Å². The molecule has 0 spiro atoms. The van der Waals surface area contributed by atoms with Crippen molar-refractivity contribution in [2.45, 2.75) is 51.4 Å². The quantitative estimate of drug-likeness (QED) is 0.354. The third kappa shape index (κ3) is 5.74. The molecule has 1 unspecified atom stereocenters. The maximum Gasteiger partial charge on any atom is 0.407 e. The zero-order valence-corrected chi connectivity index (χ0v) is 21.8. The van der Waals surface area contributed by atoms with Gasteiger partial charge in [-0.25, -0.2) is 15.1 Å². The topological polar surface area (TPSA) is 85.9 Å². The molecule has 0 aromatic heterocycles. The molecule has 7 heteroatoms. The first-order valence-electron chi connectivity index (χ1n) is 13.3. The third-order valence-electron chi connectivity index (χ3n) is 7.24. The number of rotatable bonds is 8. The molecule has 1 fully saturated rings. The summed E-state index contributed by atoms with van der Waals surface area (Å²) in [5.41, 5.74) is 8.57. The van der Waals surface area contributed by atoms with E-state index in [9.17, 15) is 9.59 Å². The van der Waals surface area contributed by atoms with E-state index in [1.54, 1.807) is 12.1 Å². The van der Waals surface area contributed by atoms with E-state index in [0.29, 0.717) is 12.2 Å². The van der Waals surface area contributed by atoms with Gasteiger partial charge in [0.15, 0.2) is 6.29 Å². The third-order valence-corrected chi connectivity index (χ3v) is 7.24. The molecular weight excluding hydrogens is 480 g/mol. The first kappa shape index (κ1) is 25.9. The molecule has 0 radical (unpaired) electrons. The molecule has 7 nitrogen and oxygen atoms in total. The highest BCUT2D eigenvalue weighted by Gasteiger charge is 2.29. The fourth-order valence-corrected chi connectivity index (χ4v) is 5.23. The molecule has 198 valence electrons. The Labute approximate surface area is 223 Å². The van der Waals surface area contributed by atoms with Crippen molar-refractivity contribution in [3.05, 3.63) is 95.1 Å². The molecule has 38 heavy (non-hydrogen) atoms. The van der Waals surface area contributed by atoms with E-state index in [2.05, 4.69) is 35.1 Å². The van der Waals surface area contributed by atoms with Crippen LogP contribution in [-0.2, 0) is 14.3 Å². The van der Waals surface area contributed by atoms with Crippen LogP contribution in [0.25, 0.3) is 11.1 Å². The van der Waals surface area contributed by atoms with Crippen LogP contribution in [0, 0.1) is 5.92 Å². The van der Waals surface area contributed by atoms with Gasteiger partial charge in [-0.05, 0) is 58.7 Å². The average molecular weight is 515 g/mol. The van der Waals surface area contributed by atoms with Gasteiger partial charge in [-0.1, -0.05) is 74.5 Å². The molecule has 3 aromatic rings. The molecular formula is C31H34N2O5. The summed E-state index contributed by atoms with van der Waals surface area (Å²) in [6, 6.07) is 23.4. The second-order valence-corrected chi connectivity index (χ2v) is 10.2. The average Bonchev–Trinajstić information content (AvgIpc) is 3.27. The van der Waals surface area contributed by atoms with E-state index in [0.717, 1.165) is 24.8 Å². The van der Waals surface area contributed by atoms with Gasteiger partial charge in [0.1, 0.15) is 6.61 Å². The lowest BCUT2D eigenvalue weighted by Gasteiger charge is -2.24. The minimum absolute atomic E-state index is 0.00433. The number of fused-ring (bicyclic) bond motifs is 3. The van der Waals surface area contributed by atoms with Gasteiger partial charge < -0.3 is 14.8 Å². The Balaban J connectivity index is 1.19. The molecule has 1 saturated heterocycles. The number of benzene rings is 3. The van der Waals surface area contributed by atoms with E-state index in [1.807, 2.05) is 50.2 Å². The Morgan fingerprint density at radius 3 is 2.18 bits per heavy atom. The van der Waals surface area contributed by atoms with Crippen LogP contribution < -0.4 is 10.8 Å². The zero-order chi connectivity index (χ0) is 26.5. The number of ether oxygens (including phenoxy) is 2. The Bertz CT molecular complexity index is 1220. The summed E-state index contributed by atoms with van der Waals surface area (Å²) in [7, 11) is 0. The van der Waals surface area contributed by atoms with Gasteiger partial charge in [0.2, 0.25) is 0 Å². The number of nitrogens with one attached hydrogen (secondary N) is 2. The lowest BCUT2D eigenvalue weighted by Crippen LogP contribution is -2.34. The summed E-state index contributed by atoms with van der Waals surface area (Å²) in [6.07, 6.45) is 1.92. The van der Waals surface area contributed by atoms with E-state index >= 15 is 0 Å². The van der Waals surface area contributed by atoms with E-state index in [1.165, 1.54) is 22.3 Å². The van der Waals surface area contributed by atoms with Crippen LogP contribution in [0.3, 0.4) is 0 Å². The Kier molecular flexibility index (Phi) is 8.05. The van der Waals surface area contributed by atoms with Crippen molar-refractivity contribution in [1.82, 2.24) is 10.8 Å². The molecule has 2 N–H and O–H groups in total.